The van der Waals surface area contributed by atoms with Crippen molar-refractivity contribution in [1.82, 2.24) is 5.32 Å². The standard InChI is InChI=1S/C24H23NO5/c1-2-14-29-22(27)24(13-7-12-21(24)26)25-23(28)30-15-20-18-10-5-3-8-16(18)17-9-4-6-11-19(17)20/h2-6,8-11,20H,1,7,12-15H2,(H,25,28). The van der Waals surface area contributed by atoms with E-state index in [2.05, 4.69) is 24.0 Å². The second kappa shape index (κ2) is 8.14. The summed E-state index contributed by atoms with van der Waals surface area (Å²) in [4.78, 5) is 37.5. The van der Waals surface area contributed by atoms with Crippen molar-refractivity contribution in [2.45, 2.75) is 30.7 Å². The molecule has 1 amide bonds. The van der Waals surface area contributed by atoms with Gasteiger partial charge in [-0.25, -0.2) is 9.59 Å². The number of amides is 1. The van der Waals surface area contributed by atoms with Gasteiger partial charge in [-0.1, -0.05) is 61.2 Å². The molecule has 0 bridgehead atoms. The highest BCUT2D eigenvalue weighted by Crippen LogP contribution is 2.44. The lowest BCUT2D eigenvalue weighted by molar-refractivity contribution is -0.153. The van der Waals surface area contributed by atoms with Crippen LogP contribution >= 0.6 is 0 Å². The molecule has 2 aliphatic rings. The molecule has 1 saturated carbocycles. The average Bonchev–Trinajstić information content (AvgIpc) is 3.29. The van der Waals surface area contributed by atoms with Crippen LogP contribution in [0.5, 0.6) is 0 Å². The van der Waals surface area contributed by atoms with Gasteiger partial charge in [0.1, 0.15) is 13.2 Å². The van der Waals surface area contributed by atoms with Gasteiger partial charge in [-0.05, 0) is 35.1 Å². The first-order valence-electron chi connectivity index (χ1n) is 10.0. The molecule has 1 unspecified atom stereocenters. The predicted octanol–water partition coefficient (Wildman–Crippen LogP) is 3.75. The van der Waals surface area contributed by atoms with Gasteiger partial charge in [0.25, 0.3) is 0 Å². The number of fused-ring (bicyclic) bond motifs is 3. The van der Waals surface area contributed by atoms with Crippen molar-refractivity contribution < 1.29 is 23.9 Å². The lowest BCUT2D eigenvalue weighted by Gasteiger charge is -2.26. The Kier molecular flexibility index (Phi) is 5.40. The van der Waals surface area contributed by atoms with E-state index in [0.717, 1.165) is 22.3 Å². The van der Waals surface area contributed by atoms with Crippen LogP contribution in [0.4, 0.5) is 4.79 Å². The number of alkyl carbamates (subject to hydrolysis) is 1. The first-order valence-corrected chi connectivity index (χ1v) is 10.0. The van der Waals surface area contributed by atoms with Crippen molar-refractivity contribution in [3.63, 3.8) is 0 Å². The Morgan fingerprint density at radius 1 is 1.07 bits per heavy atom. The quantitative estimate of drug-likeness (QED) is 0.450. The molecule has 2 aliphatic carbocycles. The SMILES string of the molecule is C=CCOC(=O)C1(NC(=O)OCC2c3ccccc3-c3ccccc32)CCCC1=O. The van der Waals surface area contributed by atoms with E-state index in [9.17, 15) is 14.4 Å². The van der Waals surface area contributed by atoms with Crippen molar-refractivity contribution in [2.24, 2.45) is 0 Å². The van der Waals surface area contributed by atoms with Crippen molar-refractivity contribution in [2.75, 3.05) is 13.2 Å². The molecule has 1 N–H and O–H groups in total. The number of rotatable bonds is 6. The molecule has 0 radical (unpaired) electrons. The minimum Gasteiger partial charge on any atom is -0.459 e. The maximum atomic E-state index is 12.6. The van der Waals surface area contributed by atoms with Gasteiger partial charge in [0, 0.05) is 12.3 Å². The number of hydrogen-bond acceptors (Lipinski definition) is 5. The lowest BCUT2D eigenvalue weighted by atomic mass is 9.97. The number of ketones is 1. The molecule has 0 saturated heterocycles. The molecular weight excluding hydrogens is 382 g/mol. The van der Waals surface area contributed by atoms with E-state index in [1.165, 1.54) is 6.08 Å². The molecule has 1 atom stereocenters. The summed E-state index contributed by atoms with van der Waals surface area (Å²) in [5.74, 6) is -1.23. The van der Waals surface area contributed by atoms with Gasteiger partial charge in [-0.15, -0.1) is 0 Å². The van der Waals surface area contributed by atoms with Crippen LogP contribution in [-0.2, 0) is 19.1 Å². The third-order valence-electron chi connectivity index (χ3n) is 5.77. The molecule has 30 heavy (non-hydrogen) atoms. The number of hydrogen-bond donors (Lipinski definition) is 1. The highest BCUT2D eigenvalue weighted by Gasteiger charge is 2.51. The first kappa shape index (κ1) is 19.9. The van der Waals surface area contributed by atoms with Crippen molar-refractivity contribution in [3.05, 3.63) is 72.3 Å². The zero-order valence-electron chi connectivity index (χ0n) is 16.6. The van der Waals surface area contributed by atoms with Crippen LogP contribution in [-0.4, -0.2) is 36.6 Å². The van der Waals surface area contributed by atoms with E-state index in [1.807, 2.05) is 36.4 Å². The molecule has 6 nitrogen and oxygen atoms in total. The van der Waals surface area contributed by atoms with Gasteiger partial charge >= 0.3 is 12.1 Å². The van der Waals surface area contributed by atoms with E-state index in [0.29, 0.717) is 6.42 Å². The third kappa shape index (κ3) is 3.38. The maximum Gasteiger partial charge on any atom is 0.408 e. The van der Waals surface area contributed by atoms with Crippen LogP contribution in [0.25, 0.3) is 11.1 Å². The van der Waals surface area contributed by atoms with Gasteiger partial charge in [-0.2, -0.15) is 0 Å². The van der Waals surface area contributed by atoms with E-state index >= 15 is 0 Å². The van der Waals surface area contributed by atoms with E-state index < -0.39 is 17.6 Å². The topological polar surface area (TPSA) is 81.7 Å². The molecule has 154 valence electrons. The molecule has 0 aromatic heterocycles. The zero-order valence-corrected chi connectivity index (χ0v) is 16.6. The predicted molar refractivity (Wildman–Crippen MR) is 111 cm³/mol. The summed E-state index contributed by atoms with van der Waals surface area (Å²) < 4.78 is 10.6. The Balaban J connectivity index is 1.49. The van der Waals surface area contributed by atoms with E-state index in [4.69, 9.17) is 9.47 Å². The highest BCUT2D eigenvalue weighted by atomic mass is 16.6. The number of carbonyl (C=O) groups is 3. The fourth-order valence-corrected chi connectivity index (χ4v) is 4.33. The van der Waals surface area contributed by atoms with E-state index in [-0.39, 0.29) is 37.8 Å². The molecule has 2 aromatic carbocycles. The maximum absolute atomic E-state index is 12.6. The Morgan fingerprint density at radius 2 is 1.70 bits per heavy atom. The van der Waals surface area contributed by atoms with Gasteiger partial charge in [0.05, 0.1) is 0 Å². The molecule has 0 heterocycles. The van der Waals surface area contributed by atoms with Crippen LogP contribution in [0, 0.1) is 0 Å². The average molecular weight is 405 g/mol. The van der Waals surface area contributed by atoms with Gasteiger partial charge in [0.2, 0.25) is 0 Å². The molecule has 2 aromatic rings. The second-order valence-electron chi connectivity index (χ2n) is 7.52. The van der Waals surface area contributed by atoms with Crippen LogP contribution in [0.3, 0.4) is 0 Å². The van der Waals surface area contributed by atoms with Crippen LogP contribution in [0.2, 0.25) is 0 Å². The van der Waals surface area contributed by atoms with Crippen molar-refractivity contribution >= 4 is 17.8 Å². The smallest absolute Gasteiger partial charge is 0.408 e. The summed E-state index contributed by atoms with van der Waals surface area (Å²) in [5.41, 5.74) is 2.74. The van der Waals surface area contributed by atoms with Crippen molar-refractivity contribution in [3.8, 4) is 11.1 Å². The van der Waals surface area contributed by atoms with Crippen molar-refractivity contribution in [1.29, 1.82) is 0 Å². The van der Waals surface area contributed by atoms with Crippen LogP contribution < -0.4 is 5.32 Å². The van der Waals surface area contributed by atoms with Gasteiger partial charge in [0.15, 0.2) is 11.3 Å². The third-order valence-corrected chi connectivity index (χ3v) is 5.77. The fourth-order valence-electron chi connectivity index (χ4n) is 4.33. The molecule has 4 rings (SSSR count). The van der Waals surface area contributed by atoms with Gasteiger partial charge in [-0.3, -0.25) is 10.1 Å². The summed E-state index contributed by atoms with van der Waals surface area (Å²) in [7, 11) is 0. The van der Waals surface area contributed by atoms with Crippen LogP contribution in [0.1, 0.15) is 36.3 Å². The summed E-state index contributed by atoms with van der Waals surface area (Å²) in [6.07, 6.45) is 1.53. The molecule has 0 spiro atoms. The number of benzene rings is 2. The summed E-state index contributed by atoms with van der Waals surface area (Å²) in [5, 5.41) is 2.50. The molecule has 6 heteroatoms. The molecule has 1 fully saturated rings. The minimum absolute atomic E-state index is 0.0275. The fraction of sp³-hybridized carbons (Fsp3) is 0.292. The zero-order chi connectivity index (χ0) is 21.1. The Labute approximate surface area is 174 Å². The highest BCUT2D eigenvalue weighted by molar-refractivity contribution is 6.11. The number of carbonyl (C=O) groups excluding carboxylic acids is 3. The summed E-state index contributed by atoms with van der Waals surface area (Å²) in [6.45, 7) is 3.57. The number of nitrogens with one attached hydrogen (secondary N) is 1. The number of esters is 1. The Hall–Kier alpha value is -3.41. The van der Waals surface area contributed by atoms with Gasteiger partial charge < -0.3 is 9.47 Å². The molecular formula is C24H23NO5. The number of Topliss-reactive ketones (excluding diaryl/α,β-unsaturated/α-hetero) is 1. The monoisotopic (exact) mass is 405 g/mol. The summed E-state index contributed by atoms with van der Waals surface area (Å²) >= 11 is 0. The summed E-state index contributed by atoms with van der Waals surface area (Å²) in [6, 6.07) is 16.0. The largest absolute Gasteiger partial charge is 0.459 e. The first-order chi connectivity index (χ1) is 14.6. The van der Waals surface area contributed by atoms with E-state index in [1.54, 1.807) is 0 Å². The lowest BCUT2D eigenvalue weighted by Crippen LogP contribution is -2.58. The molecule has 0 aliphatic heterocycles. The van der Waals surface area contributed by atoms with Crippen LogP contribution in [0.15, 0.2) is 61.2 Å². The number of ether oxygens (including phenoxy) is 2. The second-order valence-corrected chi connectivity index (χ2v) is 7.52. The Morgan fingerprint density at radius 3 is 2.27 bits per heavy atom. The Bertz CT molecular complexity index is 969. The minimum atomic E-state index is -1.68. The normalized spacial score (nSPS) is 19.7.